The van der Waals surface area contributed by atoms with Gasteiger partial charge in [-0.15, -0.1) is 11.8 Å². The molecule has 0 aliphatic rings. The van der Waals surface area contributed by atoms with Gasteiger partial charge in [-0.25, -0.2) is 4.79 Å². The minimum Gasteiger partial charge on any atom is -0.497 e. The van der Waals surface area contributed by atoms with Gasteiger partial charge in [0, 0.05) is 28.9 Å². The van der Waals surface area contributed by atoms with Crippen LogP contribution in [0.3, 0.4) is 0 Å². The molecule has 0 atom stereocenters. The molecule has 0 aliphatic heterocycles. The van der Waals surface area contributed by atoms with Crippen molar-refractivity contribution >= 4 is 23.5 Å². The first-order chi connectivity index (χ1) is 10.3. The molecule has 5 heteroatoms. The summed E-state index contributed by atoms with van der Waals surface area (Å²) < 4.78 is 5.11. The highest BCUT2D eigenvalue weighted by atomic mass is 32.2. The summed E-state index contributed by atoms with van der Waals surface area (Å²) in [5, 5.41) is 5.60. The number of thioether (sulfide) groups is 1. The molecule has 2 aromatic rings. The first-order valence-electron chi connectivity index (χ1n) is 6.64. The molecule has 0 heterocycles. The Balaban J connectivity index is 1.70. The van der Waals surface area contributed by atoms with E-state index in [9.17, 15) is 4.79 Å². The van der Waals surface area contributed by atoms with E-state index < -0.39 is 0 Å². The third-order valence-corrected chi connectivity index (χ3v) is 3.74. The molecule has 0 saturated heterocycles. The Kier molecular flexibility index (Phi) is 5.97. The van der Waals surface area contributed by atoms with Crippen molar-refractivity contribution in [3.05, 3.63) is 54.6 Å². The van der Waals surface area contributed by atoms with Crippen molar-refractivity contribution in [3.8, 4) is 5.75 Å². The largest absolute Gasteiger partial charge is 0.497 e. The van der Waals surface area contributed by atoms with Crippen LogP contribution >= 0.6 is 11.8 Å². The van der Waals surface area contributed by atoms with Gasteiger partial charge in [-0.05, 0) is 24.3 Å². The Bertz CT molecular complexity index is 575. The average Bonchev–Trinajstić information content (AvgIpc) is 2.53. The van der Waals surface area contributed by atoms with E-state index in [4.69, 9.17) is 4.74 Å². The van der Waals surface area contributed by atoms with E-state index in [1.807, 2.05) is 36.4 Å². The lowest BCUT2D eigenvalue weighted by molar-refractivity contribution is 0.252. The number of amides is 2. The monoisotopic (exact) mass is 302 g/mol. The van der Waals surface area contributed by atoms with Crippen LogP contribution in [0.25, 0.3) is 0 Å². The molecule has 0 aromatic heterocycles. The van der Waals surface area contributed by atoms with Crippen molar-refractivity contribution in [2.45, 2.75) is 4.90 Å². The second kappa shape index (κ2) is 8.21. The zero-order valence-corrected chi connectivity index (χ0v) is 12.7. The molecule has 2 amide bonds. The average molecular weight is 302 g/mol. The van der Waals surface area contributed by atoms with E-state index in [-0.39, 0.29) is 6.03 Å². The number of hydrogen-bond donors (Lipinski definition) is 2. The predicted octanol–water partition coefficient (Wildman–Crippen LogP) is 3.61. The van der Waals surface area contributed by atoms with E-state index in [0.717, 1.165) is 5.75 Å². The summed E-state index contributed by atoms with van der Waals surface area (Å²) in [6.45, 7) is 0.607. The number of benzene rings is 2. The normalized spacial score (nSPS) is 9.95. The van der Waals surface area contributed by atoms with Gasteiger partial charge in [0.1, 0.15) is 5.75 Å². The lowest BCUT2D eigenvalue weighted by atomic mass is 10.3. The molecule has 2 aromatic carbocycles. The van der Waals surface area contributed by atoms with E-state index in [0.29, 0.717) is 18.0 Å². The number of rotatable bonds is 6. The number of methoxy groups -OCH3 is 1. The molecular weight excluding hydrogens is 284 g/mol. The fourth-order valence-electron chi connectivity index (χ4n) is 1.73. The van der Waals surface area contributed by atoms with Crippen LogP contribution in [0.1, 0.15) is 0 Å². The van der Waals surface area contributed by atoms with Crippen LogP contribution in [-0.2, 0) is 0 Å². The van der Waals surface area contributed by atoms with E-state index in [2.05, 4.69) is 22.8 Å². The highest BCUT2D eigenvalue weighted by Gasteiger charge is 2.02. The zero-order valence-electron chi connectivity index (χ0n) is 11.8. The predicted molar refractivity (Wildman–Crippen MR) is 87.2 cm³/mol. The Morgan fingerprint density at radius 1 is 1.14 bits per heavy atom. The molecule has 2 rings (SSSR count). The third kappa shape index (κ3) is 5.39. The van der Waals surface area contributed by atoms with Crippen LogP contribution in [-0.4, -0.2) is 25.4 Å². The molecule has 4 nitrogen and oxygen atoms in total. The first kappa shape index (κ1) is 15.3. The maximum Gasteiger partial charge on any atom is 0.319 e. The molecule has 0 saturated carbocycles. The zero-order chi connectivity index (χ0) is 14.9. The Labute approximate surface area is 128 Å². The smallest absolute Gasteiger partial charge is 0.319 e. The molecule has 2 N–H and O–H groups in total. The van der Waals surface area contributed by atoms with E-state index in [1.54, 1.807) is 24.9 Å². The summed E-state index contributed by atoms with van der Waals surface area (Å²) in [7, 11) is 1.60. The minimum absolute atomic E-state index is 0.211. The topological polar surface area (TPSA) is 50.4 Å². The van der Waals surface area contributed by atoms with Crippen molar-refractivity contribution in [3.63, 3.8) is 0 Å². The van der Waals surface area contributed by atoms with Crippen molar-refractivity contribution in [2.24, 2.45) is 0 Å². The number of ether oxygens (including phenoxy) is 1. The van der Waals surface area contributed by atoms with Gasteiger partial charge < -0.3 is 15.4 Å². The van der Waals surface area contributed by atoms with E-state index >= 15 is 0 Å². The first-order valence-corrected chi connectivity index (χ1v) is 7.63. The summed E-state index contributed by atoms with van der Waals surface area (Å²) in [6.07, 6.45) is 0. The maximum absolute atomic E-state index is 11.8. The Morgan fingerprint density at radius 2 is 1.95 bits per heavy atom. The lowest BCUT2D eigenvalue weighted by Gasteiger charge is -2.08. The van der Waals surface area contributed by atoms with Gasteiger partial charge in [0.25, 0.3) is 0 Å². The molecule has 0 aliphatic carbocycles. The lowest BCUT2D eigenvalue weighted by Crippen LogP contribution is -2.30. The quantitative estimate of drug-likeness (QED) is 0.633. The fraction of sp³-hybridized carbons (Fsp3) is 0.188. The van der Waals surface area contributed by atoms with Crippen molar-refractivity contribution in [1.29, 1.82) is 0 Å². The summed E-state index contributed by atoms with van der Waals surface area (Å²) in [5.74, 6) is 1.54. The van der Waals surface area contributed by atoms with Gasteiger partial charge in [0.05, 0.1) is 7.11 Å². The standard InChI is InChI=1S/C16H18N2O2S/c1-20-14-7-5-6-13(12-14)18-16(19)17-10-11-21-15-8-3-2-4-9-15/h2-9,12H,10-11H2,1H3,(H2,17,18,19). The number of carbonyl (C=O) groups is 1. The van der Waals surface area contributed by atoms with Crippen LogP contribution in [0.15, 0.2) is 59.5 Å². The number of carbonyl (C=O) groups excluding carboxylic acids is 1. The van der Waals surface area contributed by atoms with Crippen LogP contribution in [0.4, 0.5) is 10.5 Å². The summed E-state index contributed by atoms with van der Waals surface area (Å²) >= 11 is 1.71. The van der Waals surface area contributed by atoms with E-state index in [1.165, 1.54) is 4.90 Å². The molecular formula is C16H18N2O2S. The van der Waals surface area contributed by atoms with Crippen LogP contribution in [0.2, 0.25) is 0 Å². The molecule has 21 heavy (non-hydrogen) atoms. The summed E-state index contributed by atoms with van der Waals surface area (Å²) in [4.78, 5) is 13.0. The second-order valence-electron chi connectivity index (χ2n) is 4.27. The third-order valence-electron chi connectivity index (χ3n) is 2.73. The molecule has 110 valence electrons. The van der Waals surface area contributed by atoms with Crippen LogP contribution < -0.4 is 15.4 Å². The molecule has 0 fully saturated rings. The molecule has 0 spiro atoms. The van der Waals surface area contributed by atoms with Gasteiger partial charge >= 0.3 is 6.03 Å². The van der Waals surface area contributed by atoms with Crippen LogP contribution in [0.5, 0.6) is 5.75 Å². The van der Waals surface area contributed by atoms with Gasteiger partial charge in [-0.3, -0.25) is 0 Å². The Hall–Kier alpha value is -2.14. The highest BCUT2D eigenvalue weighted by molar-refractivity contribution is 7.99. The van der Waals surface area contributed by atoms with Gasteiger partial charge in [0.2, 0.25) is 0 Å². The van der Waals surface area contributed by atoms with Crippen LogP contribution in [0, 0.1) is 0 Å². The number of nitrogens with one attached hydrogen (secondary N) is 2. The number of anilines is 1. The Morgan fingerprint density at radius 3 is 2.71 bits per heavy atom. The second-order valence-corrected chi connectivity index (χ2v) is 5.44. The number of urea groups is 1. The maximum atomic E-state index is 11.8. The summed E-state index contributed by atoms with van der Waals surface area (Å²) in [5.41, 5.74) is 0.711. The van der Waals surface area contributed by atoms with Crippen molar-refractivity contribution in [2.75, 3.05) is 24.7 Å². The SMILES string of the molecule is COc1cccc(NC(=O)NCCSc2ccccc2)c1. The number of hydrogen-bond acceptors (Lipinski definition) is 3. The van der Waals surface area contributed by atoms with Gasteiger partial charge in [-0.1, -0.05) is 24.3 Å². The molecule has 0 bridgehead atoms. The van der Waals surface area contributed by atoms with Gasteiger partial charge in [0.15, 0.2) is 0 Å². The molecule has 0 radical (unpaired) electrons. The van der Waals surface area contributed by atoms with Crippen molar-refractivity contribution < 1.29 is 9.53 Å². The minimum atomic E-state index is -0.211. The summed E-state index contributed by atoms with van der Waals surface area (Å²) in [6, 6.07) is 17.2. The molecule has 0 unspecified atom stereocenters. The van der Waals surface area contributed by atoms with Crippen molar-refractivity contribution in [1.82, 2.24) is 5.32 Å². The highest BCUT2D eigenvalue weighted by Crippen LogP contribution is 2.17. The fourth-order valence-corrected chi connectivity index (χ4v) is 2.52. The van der Waals surface area contributed by atoms with Gasteiger partial charge in [-0.2, -0.15) is 0 Å².